The molecule has 0 fully saturated rings. The molecule has 9 heteroatoms. The van der Waals surface area contributed by atoms with Crippen LogP contribution in [0.2, 0.25) is 0 Å². The van der Waals surface area contributed by atoms with Crippen molar-refractivity contribution < 1.29 is 9.13 Å². The summed E-state index contributed by atoms with van der Waals surface area (Å²) in [6, 6.07) is 12.6. The highest BCUT2D eigenvalue weighted by Crippen LogP contribution is 2.46. The third-order valence-corrected chi connectivity index (χ3v) is 5.96. The van der Waals surface area contributed by atoms with Crippen molar-refractivity contribution in [3.8, 4) is 34.1 Å². The second kappa shape index (κ2) is 8.35. The van der Waals surface area contributed by atoms with Gasteiger partial charge in [0.1, 0.15) is 5.75 Å². The minimum Gasteiger partial charge on any atom is -0.438 e. The number of nitrogens with two attached hydrogens (primary N) is 1. The Morgan fingerprint density at radius 3 is 2.56 bits per heavy atom. The molecule has 1 atom stereocenters. The summed E-state index contributed by atoms with van der Waals surface area (Å²) < 4.78 is 20.4. The monoisotopic (exact) mass is 444 g/mol. The van der Waals surface area contributed by atoms with E-state index in [1.165, 1.54) is 18.0 Å². The molecular weight excluding hydrogens is 427 g/mol. The van der Waals surface area contributed by atoms with Gasteiger partial charge in [-0.25, -0.2) is 19.9 Å². The summed E-state index contributed by atoms with van der Waals surface area (Å²) in [4.78, 5) is 16.9. The molecule has 0 saturated heterocycles. The van der Waals surface area contributed by atoms with Crippen molar-refractivity contribution in [1.29, 1.82) is 5.41 Å². The number of hydrogen-bond donors (Lipinski definition) is 2. The van der Waals surface area contributed by atoms with Crippen molar-refractivity contribution in [3.63, 3.8) is 0 Å². The van der Waals surface area contributed by atoms with Gasteiger partial charge >= 0.3 is 0 Å². The number of hydrogen-bond acceptors (Lipinski definition) is 7. The minimum absolute atomic E-state index is 0.0181. The van der Waals surface area contributed by atoms with Crippen molar-refractivity contribution in [2.75, 3.05) is 5.75 Å². The Morgan fingerprint density at radius 2 is 1.78 bits per heavy atom. The first-order valence-corrected chi connectivity index (χ1v) is 10.8. The molecule has 0 aliphatic carbocycles. The van der Waals surface area contributed by atoms with Crippen molar-refractivity contribution in [2.45, 2.75) is 5.92 Å². The van der Waals surface area contributed by atoms with Crippen LogP contribution in [0.15, 0.2) is 67.3 Å². The van der Waals surface area contributed by atoms with Crippen LogP contribution in [0.5, 0.6) is 11.6 Å². The largest absolute Gasteiger partial charge is 0.438 e. The van der Waals surface area contributed by atoms with Gasteiger partial charge < -0.3 is 10.5 Å². The number of fused-ring (bicyclic) bond motifs is 2. The van der Waals surface area contributed by atoms with Gasteiger partial charge in [-0.3, -0.25) is 5.41 Å². The Bertz CT molecular complexity index is 1320. The Hall–Kier alpha value is -3.85. The van der Waals surface area contributed by atoms with Crippen LogP contribution in [-0.2, 0) is 0 Å². The maximum Gasteiger partial charge on any atom is 0.223 e. The van der Waals surface area contributed by atoms with Gasteiger partial charge in [0.05, 0.1) is 0 Å². The normalized spacial score (nSPS) is 14.2. The van der Waals surface area contributed by atoms with E-state index in [-0.39, 0.29) is 11.1 Å². The lowest BCUT2D eigenvalue weighted by Crippen LogP contribution is -2.16. The fourth-order valence-electron chi connectivity index (χ4n) is 3.68. The van der Waals surface area contributed by atoms with E-state index in [9.17, 15) is 4.39 Å². The summed E-state index contributed by atoms with van der Waals surface area (Å²) >= 11 is 1.23. The van der Waals surface area contributed by atoms with Gasteiger partial charge in [0, 0.05) is 58.7 Å². The minimum atomic E-state index is -0.538. The van der Waals surface area contributed by atoms with Crippen molar-refractivity contribution >= 4 is 16.9 Å². The van der Waals surface area contributed by atoms with Gasteiger partial charge in [0.2, 0.25) is 11.8 Å². The lowest BCUT2D eigenvalue weighted by atomic mass is 9.88. The first-order chi connectivity index (χ1) is 15.6. The average Bonchev–Trinajstić information content (AvgIpc) is 2.82. The van der Waals surface area contributed by atoms with E-state index in [1.807, 2.05) is 12.1 Å². The highest BCUT2D eigenvalue weighted by atomic mass is 32.2. The van der Waals surface area contributed by atoms with Crippen LogP contribution in [-0.4, -0.2) is 30.9 Å². The fourth-order valence-corrected chi connectivity index (χ4v) is 4.39. The molecule has 3 aromatic heterocycles. The Balaban J connectivity index is 1.62. The van der Waals surface area contributed by atoms with Gasteiger partial charge in [-0.1, -0.05) is 17.8 Å². The zero-order valence-electron chi connectivity index (χ0n) is 16.7. The molecule has 0 bridgehead atoms. The number of halogens is 1. The van der Waals surface area contributed by atoms with E-state index in [0.717, 1.165) is 16.7 Å². The number of thioether (sulfide) groups is 1. The van der Waals surface area contributed by atoms with Crippen molar-refractivity contribution in [1.82, 2.24) is 19.9 Å². The van der Waals surface area contributed by atoms with E-state index in [0.29, 0.717) is 34.3 Å². The molecule has 3 N–H and O–H groups in total. The Labute approximate surface area is 187 Å². The number of nitrogens with one attached hydrogen (secondary N) is 1. The molecule has 0 unspecified atom stereocenters. The van der Waals surface area contributed by atoms with Crippen LogP contribution in [0, 0.1) is 11.4 Å². The highest BCUT2D eigenvalue weighted by molar-refractivity contribution is 8.13. The number of amidine groups is 1. The maximum atomic E-state index is 14.3. The summed E-state index contributed by atoms with van der Waals surface area (Å²) in [6.45, 7) is 0. The molecule has 0 spiro atoms. The lowest BCUT2D eigenvalue weighted by Gasteiger charge is -2.28. The van der Waals surface area contributed by atoms with Crippen molar-refractivity contribution in [3.05, 3.63) is 84.3 Å². The third-order valence-electron chi connectivity index (χ3n) is 5.15. The predicted molar refractivity (Wildman–Crippen MR) is 121 cm³/mol. The topological polar surface area (TPSA) is 111 Å². The van der Waals surface area contributed by atoms with Crippen molar-refractivity contribution in [2.24, 2.45) is 5.73 Å². The number of ether oxygens (including phenoxy) is 1. The summed E-state index contributed by atoms with van der Waals surface area (Å²) in [6.07, 6.45) is 6.44. The molecule has 4 aromatic rings. The zero-order valence-corrected chi connectivity index (χ0v) is 17.5. The molecular formula is C23H17FN6OS. The smallest absolute Gasteiger partial charge is 0.223 e. The van der Waals surface area contributed by atoms with Crippen LogP contribution in [0.4, 0.5) is 4.39 Å². The Kier molecular flexibility index (Phi) is 5.24. The van der Waals surface area contributed by atoms with Crippen LogP contribution in [0.25, 0.3) is 22.5 Å². The number of pyridine rings is 2. The average molecular weight is 444 g/mol. The first kappa shape index (κ1) is 20.1. The Morgan fingerprint density at radius 1 is 1.00 bits per heavy atom. The number of aromatic nitrogens is 4. The maximum absolute atomic E-state index is 14.3. The van der Waals surface area contributed by atoms with E-state index in [1.54, 1.807) is 48.9 Å². The fraction of sp³-hybridized carbons (Fsp3) is 0.0870. The predicted octanol–water partition coefficient (Wildman–Crippen LogP) is 4.60. The second-order valence-corrected chi connectivity index (χ2v) is 8.18. The molecule has 0 amide bonds. The summed E-state index contributed by atoms with van der Waals surface area (Å²) in [5.74, 6) is 1.45. The standard InChI is InChI=1S/C23H17FN6OS/c24-20-15(3-1-6-27-20)13-4-5-19-16(9-13)18(12-32-23(25)26)17-10-14(11-30-22(17)31-19)21-28-7-2-8-29-21/h1-11,18H,12H2,(H3,25,26)/t18-/m1/s1. The molecule has 0 radical (unpaired) electrons. The quantitative estimate of drug-likeness (QED) is 0.269. The summed E-state index contributed by atoms with van der Waals surface area (Å²) in [5.41, 5.74) is 9.18. The molecule has 32 heavy (non-hydrogen) atoms. The number of benzene rings is 1. The van der Waals surface area contributed by atoms with Crippen LogP contribution >= 0.6 is 11.8 Å². The summed E-state index contributed by atoms with van der Waals surface area (Å²) in [5, 5.41) is 7.70. The molecule has 158 valence electrons. The SMILES string of the molecule is N=C(N)SC[C@@H]1c2cc(-c3cccnc3F)ccc2Oc2ncc(-c3ncccn3)cc21. The molecule has 5 rings (SSSR count). The third kappa shape index (κ3) is 3.78. The van der Waals surface area contributed by atoms with E-state index in [4.69, 9.17) is 15.9 Å². The molecule has 7 nitrogen and oxygen atoms in total. The van der Waals surface area contributed by atoms with Crippen LogP contribution in [0.1, 0.15) is 17.0 Å². The van der Waals surface area contributed by atoms with Gasteiger partial charge in [-0.05, 0) is 42.0 Å². The number of rotatable bonds is 4. The van der Waals surface area contributed by atoms with Gasteiger partial charge in [0.15, 0.2) is 11.0 Å². The first-order valence-electron chi connectivity index (χ1n) is 9.77. The van der Waals surface area contributed by atoms with Crippen LogP contribution in [0.3, 0.4) is 0 Å². The lowest BCUT2D eigenvalue weighted by molar-refractivity contribution is 0.432. The van der Waals surface area contributed by atoms with Gasteiger partial charge in [-0.15, -0.1) is 0 Å². The molecule has 0 saturated carbocycles. The molecule has 1 aliphatic heterocycles. The summed E-state index contributed by atoms with van der Waals surface area (Å²) in [7, 11) is 0. The zero-order chi connectivity index (χ0) is 22.1. The highest BCUT2D eigenvalue weighted by Gasteiger charge is 2.30. The molecule has 1 aliphatic rings. The van der Waals surface area contributed by atoms with Crippen LogP contribution < -0.4 is 10.5 Å². The number of nitrogens with zero attached hydrogens (tertiary/aromatic N) is 4. The second-order valence-electron chi connectivity index (χ2n) is 7.12. The van der Waals surface area contributed by atoms with E-state index >= 15 is 0 Å². The van der Waals surface area contributed by atoms with Gasteiger partial charge in [0.25, 0.3) is 0 Å². The van der Waals surface area contributed by atoms with E-state index in [2.05, 4.69) is 19.9 Å². The van der Waals surface area contributed by atoms with E-state index < -0.39 is 5.95 Å². The molecule has 1 aromatic carbocycles. The van der Waals surface area contributed by atoms with Gasteiger partial charge in [-0.2, -0.15) is 4.39 Å². The molecule has 4 heterocycles.